The van der Waals surface area contributed by atoms with Crippen molar-refractivity contribution < 1.29 is 9.53 Å². The van der Waals surface area contributed by atoms with E-state index < -0.39 is 0 Å². The van der Waals surface area contributed by atoms with Crippen molar-refractivity contribution in [1.29, 1.82) is 0 Å². The van der Waals surface area contributed by atoms with Crippen molar-refractivity contribution in [2.75, 3.05) is 7.11 Å². The molecule has 0 spiro atoms. The summed E-state index contributed by atoms with van der Waals surface area (Å²) in [6, 6.07) is 5.35. The first-order valence-electron chi connectivity index (χ1n) is 4.49. The minimum atomic E-state index is -0.130. The molecule has 0 fully saturated rings. The minimum absolute atomic E-state index is 0.105. The Morgan fingerprint density at radius 3 is 2.93 bits per heavy atom. The normalized spacial score (nSPS) is 19.3. The summed E-state index contributed by atoms with van der Waals surface area (Å²) in [5.41, 5.74) is 1.38. The number of methoxy groups -OCH3 is 1. The summed E-state index contributed by atoms with van der Waals surface area (Å²) < 4.78 is 5.06. The molecule has 3 heteroatoms. The van der Waals surface area contributed by atoms with Gasteiger partial charge in [0.15, 0.2) is 5.78 Å². The Kier molecular flexibility index (Phi) is 2.08. The van der Waals surface area contributed by atoms with Crippen molar-refractivity contribution in [3.63, 3.8) is 0 Å². The molecule has 1 aliphatic heterocycles. The van der Waals surface area contributed by atoms with Crippen LogP contribution in [0.5, 0.6) is 5.75 Å². The van der Waals surface area contributed by atoms with Crippen LogP contribution < -0.4 is 4.74 Å². The molecule has 0 N–H and O–H groups in total. The fourth-order valence-corrected chi connectivity index (χ4v) is 1.46. The van der Waals surface area contributed by atoms with E-state index in [-0.39, 0.29) is 11.7 Å². The number of rotatable bonds is 1. The number of ketones is 1. The molecule has 0 aromatic heterocycles. The maximum Gasteiger partial charge on any atom is 0.173 e. The summed E-state index contributed by atoms with van der Waals surface area (Å²) >= 11 is 0. The van der Waals surface area contributed by atoms with Gasteiger partial charge in [-0.2, -0.15) is 0 Å². The zero-order chi connectivity index (χ0) is 10.1. The lowest BCUT2D eigenvalue weighted by Gasteiger charge is -2.14. The Balaban J connectivity index is 2.53. The van der Waals surface area contributed by atoms with Crippen molar-refractivity contribution in [1.82, 2.24) is 0 Å². The van der Waals surface area contributed by atoms with Crippen molar-refractivity contribution in [3.8, 4) is 5.75 Å². The van der Waals surface area contributed by atoms with E-state index in [2.05, 4.69) is 4.99 Å². The number of nitrogens with zero attached hydrogens (tertiary/aromatic N) is 1. The average molecular weight is 189 g/mol. The Morgan fingerprint density at radius 1 is 1.43 bits per heavy atom. The van der Waals surface area contributed by atoms with Crippen LogP contribution in [0.2, 0.25) is 0 Å². The van der Waals surface area contributed by atoms with Gasteiger partial charge < -0.3 is 4.74 Å². The number of hydrogen-bond acceptors (Lipinski definition) is 3. The molecular weight excluding hydrogens is 178 g/mol. The van der Waals surface area contributed by atoms with Gasteiger partial charge in [-0.05, 0) is 18.2 Å². The largest absolute Gasteiger partial charge is 0.497 e. The highest BCUT2D eigenvalue weighted by atomic mass is 16.5. The van der Waals surface area contributed by atoms with Crippen LogP contribution in [0.25, 0.3) is 0 Å². The summed E-state index contributed by atoms with van der Waals surface area (Å²) in [6.07, 6.45) is 1.68. The molecule has 0 saturated carbocycles. The molecule has 1 aromatic rings. The topological polar surface area (TPSA) is 38.7 Å². The van der Waals surface area contributed by atoms with Crippen LogP contribution >= 0.6 is 0 Å². The van der Waals surface area contributed by atoms with Gasteiger partial charge in [0.2, 0.25) is 0 Å². The minimum Gasteiger partial charge on any atom is -0.497 e. The third-order valence-corrected chi connectivity index (χ3v) is 2.32. The standard InChI is InChI=1S/C11H11NO2/c1-7-6-12-10-4-3-8(14-2)5-9(10)11(7)13/h3-7H,1-2H3. The highest BCUT2D eigenvalue weighted by Crippen LogP contribution is 2.29. The maximum absolute atomic E-state index is 11.7. The predicted octanol–water partition coefficient (Wildman–Crippen LogP) is 2.23. The second-order valence-electron chi connectivity index (χ2n) is 3.31. The molecule has 1 atom stereocenters. The number of Topliss-reactive ketones (excluding diaryl/α,β-unsaturated/α-hetero) is 1. The van der Waals surface area contributed by atoms with Crippen molar-refractivity contribution in [2.24, 2.45) is 10.9 Å². The van der Waals surface area contributed by atoms with E-state index >= 15 is 0 Å². The summed E-state index contributed by atoms with van der Waals surface area (Å²) in [6.45, 7) is 1.84. The zero-order valence-electron chi connectivity index (χ0n) is 8.15. The number of carbonyl (C=O) groups is 1. The maximum atomic E-state index is 11.7. The zero-order valence-corrected chi connectivity index (χ0v) is 8.15. The van der Waals surface area contributed by atoms with Crippen LogP contribution in [0.4, 0.5) is 5.69 Å². The highest BCUT2D eigenvalue weighted by molar-refractivity contribution is 6.12. The molecule has 0 amide bonds. The molecule has 1 aromatic carbocycles. The van der Waals surface area contributed by atoms with Gasteiger partial charge in [0.25, 0.3) is 0 Å². The van der Waals surface area contributed by atoms with E-state index in [4.69, 9.17) is 4.74 Å². The third-order valence-electron chi connectivity index (χ3n) is 2.32. The van der Waals surface area contributed by atoms with Gasteiger partial charge in [0.1, 0.15) is 5.75 Å². The molecule has 0 bridgehead atoms. The lowest BCUT2D eigenvalue weighted by Crippen LogP contribution is -2.16. The Hall–Kier alpha value is -1.64. The SMILES string of the molecule is COc1ccc2c(c1)C(=O)C(C)C=N2. The van der Waals surface area contributed by atoms with E-state index in [1.165, 1.54) is 0 Å². The van der Waals surface area contributed by atoms with E-state index in [9.17, 15) is 4.79 Å². The van der Waals surface area contributed by atoms with E-state index in [1.54, 1.807) is 31.5 Å². The number of carbonyl (C=O) groups excluding carboxylic acids is 1. The van der Waals surface area contributed by atoms with Crippen molar-refractivity contribution >= 4 is 17.7 Å². The number of ether oxygens (including phenoxy) is 1. The first-order valence-corrected chi connectivity index (χ1v) is 4.49. The highest BCUT2D eigenvalue weighted by Gasteiger charge is 2.21. The summed E-state index contributed by atoms with van der Waals surface area (Å²) in [4.78, 5) is 15.9. The van der Waals surface area contributed by atoms with Crippen LogP contribution in [-0.4, -0.2) is 19.1 Å². The van der Waals surface area contributed by atoms with Crippen LogP contribution in [0.15, 0.2) is 23.2 Å². The van der Waals surface area contributed by atoms with Crippen LogP contribution in [0.1, 0.15) is 17.3 Å². The van der Waals surface area contributed by atoms with E-state index in [0.717, 1.165) is 5.69 Å². The number of benzene rings is 1. The second-order valence-corrected chi connectivity index (χ2v) is 3.31. The molecule has 1 unspecified atom stereocenters. The van der Waals surface area contributed by atoms with Crippen LogP contribution in [-0.2, 0) is 0 Å². The lowest BCUT2D eigenvalue weighted by molar-refractivity contribution is 0.0962. The molecule has 72 valence electrons. The number of hydrogen-bond donors (Lipinski definition) is 0. The fourth-order valence-electron chi connectivity index (χ4n) is 1.46. The predicted molar refractivity (Wildman–Crippen MR) is 54.6 cm³/mol. The Bertz CT molecular complexity index is 410. The average Bonchev–Trinajstić information content (AvgIpc) is 2.23. The Morgan fingerprint density at radius 2 is 2.21 bits per heavy atom. The molecular formula is C11H11NO2. The molecule has 1 aliphatic rings. The van der Waals surface area contributed by atoms with Gasteiger partial charge in [0.05, 0.1) is 18.7 Å². The van der Waals surface area contributed by atoms with Crippen molar-refractivity contribution in [2.45, 2.75) is 6.92 Å². The Labute approximate surface area is 82.4 Å². The first-order chi connectivity index (χ1) is 6.72. The second kappa shape index (κ2) is 3.25. The van der Waals surface area contributed by atoms with Crippen LogP contribution in [0.3, 0.4) is 0 Å². The monoisotopic (exact) mass is 189 g/mol. The fraction of sp³-hybridized carbons (Fsp3) is 0.273. The molecule has 3 nitrogen and oxygen atoms in total. The van der Waals surface area contributed by atoms with Crippen molar-refractivity contribution in [3.05, 3.63) is 23.8 Å². The number of aliphatic imine (C=N–C) groups is 1. The molecule has 0 radical (unpaired) electrons. The third kappa shape index (κ3) is 1.31. The van der Waals surface area contributed by atoms with Gasteiger partial charge in [-0.25, -0.2) is 0 Å². The summed E-state index contributed by atoms with van der Waals surface area (Å²) in [5.74, 6) is 0.671. The molecule has 14 heavy (non-hydrogen) atoms. The molecule has 0 aliphatic carbocycles. The molecule has 1 heterocycles. The molecule has 0 saturated heterocycles. The van der Waals surface area contributed by atoms with Gasteiger partial charge in [-0.15, -0.1) is 0 Å². The van der Waals surface area contributed by atoms with Gasteiger partial charge >= 0.3 is 0 Å². The lowest BCUT2D eigenvalue weighted by atomic mass is 9.96. The van der Waals surface area contributed by atoms with Gasteiger partial charge in [-0.3, -0.25) is 9.79 Å². The van der Waals surface area contributed by atoms with Gasteiger partial charge in [-0.1, -0.05) is 6.92 Å². The molecule has 2 rings (SSSR count). The van der Waals surface area contributed by atoms with Crippen LogP contribution in [0, 0.1) is 5.92 Å². The number of fused-ring (bicyclic) bond motifs is 1. The van der Waals surface area contributed by atoms with E-state index in [0.29, 0.717) is 11.3 Å². The quantitative estimate of drug-likeness (QED) is 0.679. The smallest absolute Gasteiger partial charge is 0.173 e. The van der Waals surface area contributed by atoms with E-state index in [1.807, 2.05) is 6.92 Å². The first kappa shape index (κ1) is 8.94. The van der Waals surface area contributed by atoms with Gasteiger partial charge in [0, 0.05) is 11.8 Å². The summed E-state index contributed by atoms with van der Waals surface area (Å²) in [7, 11) is 1.59. The summed E-state index contributed by atoms with van der Waals surface area (Å²) in [5, 5.41) is 0.